The summed E-state index contributed by atoms with van der Waals surface area (Å²) >= 11 is 0. The molecule has 0 spiro atoms. The SMILES string of the molecule is CCC/C(=C(\N)c1ccccc1)C(C)C. The first kappa shape index (κ1) is 11.8. The molecule has 1 rings (SSSR count). The molecule has 0 aliphatic heterocycles. The number of allylic oxidation sites excluding steroid dienone is 1. The molecule has 0 unspecified atom stereocenters. The van der Waals surface area contributed by atoms with Crippen molar-refractivity contribution in [1.82, 2.24) is 0 Å². The lowest BCUT2D eigenvalue weighted by atomic mass is 9.94. The van der Waals surface area contributed by atoms with E-state index in [-0.39, 0.29) is 0 Å². The van der Waals surface area contributed by atoms with Gasteiger partial charge < -0.3 is 5.73 Å². The second-order valence-electron chi connectivity index (χ2n) is 4.21. The first-order chi connectivity index (χ1) is 7.16. The van der Waals surface area contributed by atoms with Crippen LogP contribution in [0.4, 0.5) is 0 Å². The van der Waals surface area contributed by atoms with Gasteiger partial charge in [-0.1, -0.05) is 57.5 Å². The molecule has 0 saturated carbocycles. The van der Waals surface area contributed by atoms with Crippen LogP contribution >= 0.6 is 0 Å². The molecule has 0 aliphatic rings. The van der Waals surface area contributed by atoms with Gasteiger partial charge in [-0.25, -0.2) is 0 Å². The van der Waals surface area contributed by atoms with Crippen molar-refractivity contribution in [3.63, 3.8) is 0 Å². The molecule has 0 heterocycles. The molecular formula is C14H21N. The smallest absolute Gasteiger partial charge is 0.0382 e. The summed E-state index contributed by atoms with van der Waals surface area (Å²) in [4.78, 5) is 0. The maximum absolute atomic E-state index is 6.21. The average molecular weight is 203 g/mol. The molecule has 0 bridgehead atoms. The Balaban J connectivity index is 3.05. The van der Waals surface area contributed by atoms with Crippen LogP contribution in [0.25, 0.3) is 5.70 Å². The molecule has 0 radical (unpaired) electrons. The van der Waals surface area contributed by atoms with Crippen molar-refractivity contribution in [2.75, 3.05) is 0 Å². The average Bonchev–Trinajstić information content (AvgIpc) is 2.26. The van der Waals surface area contributed by atoms with Gasteiger partial charge in [0, 0.05) is 5.70 Å². The molecule has 1 nitrogen and oxygen atoms in total. The molecular weight excluding hydrogens is 182 g/mol. The number of hydrogen-bond acceptors (Lipinski definition) is 1. The van der Waals surface area contributed by atoms with Gasteiger partial charge in [0.1, 0.15) is 0 Å². The Bertz CT molecular complexity index is 322. The largest absolute Gasteiger partial charge is 0.398 e. The van der Waals surface area contributed by atoms with Crippen molar-refractivity contribution in [2.45, 2.75) is 33.6 Å². The summed E-state index contributed by atoms with van der Waals surface area (Å²) in [5.74, 6) is 0.533. The zero-order chi connectivity index (χ0) is 11.3. The summed E-state index contributed by atoms with van der Waals surface area (Å²) in [6.07, 6.45) is 2.25. The summed E-state index contributed by atoms with van der Waals surface area (Å²) in [5.41, 5.74) is 9.70. The fourth-order valence-corrected chi connectivity index (χ4v) is 1.81. The zero-order valence-corrected chi connectivity index (χ0v) is 9.96. The lowest BCUT2D eigenvalue weighted by Gasteiger charge is -2.15. The predicted molar refractivity (Wildman–Crippen MR) is 67.3 cm³/mol. The quantitative estimate of drug-likeness (QED) is 0.791. The number of benzene rings is 1. The highest BCUT2D eigenvalue weighted by molar-refractivity contribution is 5.66. The van der Waals surface area contributed by atoms with Gasteiger partial charge in [0.15, 0.2) is 0 Å². The van der Waals surface area contributed by atoms with E-state index < -0.39 is 0 Å². The van der Waals surface area contributed by atoms with Gasteiger partial charge in [0.25, 0.3) is 0 Å². The summed E-state index contributed by atoms with van der Waals surface area (Å²) < 4.78 is 0. The highest BCUT2D eigenvalue weighted by Gasteiger charge is 2.08. The minimum Gasteiger partial charge on any atom is -0.398 e. The van der Waals surface area contributed by atoms with Crippen LogP contribution in [0.15, 0.2) is 35.9 Å². The van der Waals surface area contributed by atoms with Gasteiger partial charge in [-0.05, 0) is 23.5 Å². The molecule has 1 aromatic rings. The predicted octanol–water partition coefficient (Wildman–Crippen LogP) is 3.81. The third-order valence-corrected chi connectivity index (χ3v) is 2.65. The van der Waals surface area contributed by atoms with Crippen molar-refractivity contribution in [3.05, 3.63) is 41.5 Å². The maximum atomic E-state index is 6.21. The topological polar surface area (TPSA) is 26.0 Å². The van der Waals surface area contributed by atoms with E-state index in [1.165, 1.54) is 5.57 Å². The van der Waals surface area contributed by atoms with E-state index in [0.29, 0.717) is 5.92 Å². The molecule has 0 aromatic heterocycles. The van der Waals surface area contributed by atoms with Gasteiger partial charge in [-0.2, -0.15) is 0 Å². The van der Waals surface area contributed by atoms with E-state index in [1.54, 1.807) is 0 Å². The number of nitrogens with two attached hydrogens (primary N) is 1. The number of rotatable bonds is 4. The zero-order valence-electron chi connectivity index (χ0n) is 9.96. The summed E-state index contributed by atoms with van der Waals surface area (Å²) in [6, 6.07) is 10.2. The number of hydrogen-bond donors (Lipinski definition) is 1. The van der Waals surface area contributed by atoms with Crippen molar-refractivity contribution < 1.29 is 0 Å². The standard InChI is InChI=1S/C14H21N/c1-4-8-13(11(2)3)14(15)12-9-6-5-7-10-12/h5-7,9-11H,4,8,15H2,1-3H3/b14-13+. The second-order valence-corrected chi connectivity index (χ2v) is 4.21. The lowest BCUT2D eigenvalue weighted by molar-refractivity contribution is 0.703. The summed E-state index contributed by atoms with van der Waals surface area (Å²) in [5, 5.41) is 0. The Morgan fingerprint density at radius 2 is 1.80 bits per heavy atom. The van der Waals surface area contributed by atoms with Gasteiger partial charge in [-0.3, -0.25) is 0 Å². The van der Waals surface area contributed by atoms with Crippen molar-refractivity contribution in [2.24, 2.45) is 11.7 Å². The molecule has 0 saturated heterocycles. The highest BCUT2D eigenvalue weighted by Crippen LogP contribution is 2.23. The molecule has 0 amide bonds. The normalized spacial score (nSPS) is 12.8. The van der Waals surface area contributed by atoms with Crippen LogP contribution in [-0.2, 0) is 0 Å². The molecule has 0 aliphatic carbocycles. The third kappa shape index (κ3) is 3.12. The van der Waals surface area contributed by atoms with Crippen molar-refractivity contribution in [1.29, 1.82) is 0 Å². The maximum Gasteiger partial charge on any atom is 0.0382 e. The fourth-order valence-electron chi connectivity index (χ4n) is 1.81. The molecule has 1 heteroatoms. The molecule has 82 valence electrons. The summed E-state index contributed by atoms with van der Waals surface area (Å²) in [7, 11) is 0. The van der Waals surface area contributed by atoms with E-state index in [2.05, 4.69) is 32.9 Å². The molecule has 15 heavy (non-hydrogen) atoms. The lowest BCUT2D eigenvalue weighted by Crippen LogP contribution is -2.06. The summed E-state index contributed by atoms with van der Waals surface area (Å²) in [6.45, 7) is 6.61. The van der Waals surface area contributed by atoms with Crippen LogP contribution in [-0.4, -0.2) is 0 Å². The molecule has 2 N–H and O–H groups in total. The van der Waals surface area contributed by atoms with Crippen LogP contribution in [0.2, 0.25) is 0 Å². The Kier molecular flexibility index (Phi) is 4.41. The van der Waals surface area contributed by atoms with Crippen LogP contribution in [0.5, 0.6) is 0 Å². The monoisotopic (exact) mass is 203 g/mol. The third-order valence-electron chi connectivity index (χ3n) is 2.65. The van der Waals surface area contributed by atoms with Gasteiger partial charge in [0.2, 0.25) is 0 Å². The first-order valence-electron chi connectivity index (χ1n) is 5.70. The Hall–Kier alpha value is -1.24. The Labute approximate surface area is 93.0 Å². The van der Waals surface area contributed by atoms with E-state index in [1.807, 2.05) is 18.2 Å². The van der Waals surface area contributed by atoms with Crippen LogP contribution < -0.4 is 5.73 Å². The van der Waals surface area contributed by atoms with Gasteiger partial charge >= 0.3 is 0 Å². The van der Waals surface area contributed by atoms with Crippen LogP contribution in [0.3, 0.4) is 0 Å². The Morgan fingerprint density at radius 1 is 1.20 bits per heavy atom. The highest BCUT2D eigenvalue weighted by atomic mass is 14.6. The first-order valence-corrected chi connectivity index (χ1v) is 5.70. The molecule has 0 fully saturated rings. The van der Waals surface area contributed by atoms with Crippen molar-refractivity contribution >= 4 is 5.70 Å². The minimum absolute atomic E-state index is 0.533. The fraction of sp³-hybridized carbons (Fsp3) is 0.429. The van der Waals surface area contributed by atoms with Crippen LogP contribution in [0.1, 0.15) is 39.2 Å². The van der Waals surface area contributed by atoms with Crippen LogP contribution in [0, 0.1) is 5.92 Å². The van der Waals surface area contributed by atoms with Gasteiger partial charge in [-0.15, -0.1) is 0 Å². The Morgan fingerprint density at radius 3 is 2.27 bits per heavy atom. The second kappa shape index (κ2) is 5.59. The van der Waals surface area contributed by atoms with Crippen molar-refractivity contribution in [3.8, 4) is 0 Å². The molecule has 1 aromatic carbocycles. The van der Waals surface area contributed by atoms with E-state index in [9.17, 15) is 0 Å². The van der Waals surface area contributed by atoms with E-state index in [4.69, 9.17) is 5.73 Å². The minimum atomic E-state index is 0.533. The van der Waals surface area contributed by atoms with Gasteiger partial charge in [0.05, 0.1) is 0 Å². The molecule has 0 atom stereocenters. The van der Waals surface area contributed by atoms with E-state index >= 15 is 0 Å². The van der Waals surface area contributed by atoms with E-state index in [0.717, 1.165) is 24.1 Å².